The number of esters is 1. The minimum atomic E-state index is -1.08. The van der Waals surface area contributed by atoms with Crippen molar-refractivity contribution in [3.8, 4) is 12.3 Å². The lowest BCUT2D eigenvalue weighted by Gasteiger charge is -2.25. The number of aliphatic hydroxyl groups excluding tert-OH is 1. The van der Waals surface area contributed by atoms with Gasteiger partial charge in [0.2, 0.25) is 0 Å². The summed E-state index contributed by atoms with van der Waals surface area (Å²) in [7, 11) is 0. The summed E-state index contributed by atoms with van der Waals surface area (Å²) in [6.45, 7) is 4.78. The van der Waals surface area contributed by atoms with Gasteiger partial charge in [0, 0.05) is 18.4 Å². The molecule has 35 heavy (non-hydrogen) atoms. The number of rotatable bonds is 20. The first-order valence-corrected chi connectivity index (χ1v) is 14.1. The Morgan fingerprint density at radius 1 is 1.03 bits per heavy atom. The van der Waals surface area contributed by atoms with E-state index in [-0.39, 0.29) is 30.0 Å². The molecule has 1 aliphatic rings. The monoisotopic (exact) mass is 490 g/mol. The van der Waals surface area contributed by atoms with E-state index in [2.05, 4.69) is 19.8 Å². The Morgan fingerprint density at radius 3 is 2.40 bits per heavy atom. The average Bonchev–Trinajstić information content (AvgIpc) is 3.11. The van der Waals surface area contributed by atoms with Gasteiger partial charge in [-0.1, -0.05) is 70.8 Å². The van der Waals surface area contributed by atoms with Gasteiger partial charge in [-0.25, -0.2) is 4.79 Å². The topological polar surface area (TPSA) is 83.8 Å². The molecule has 5 heteroatoms. The smallest absolute Gasteiger partial charge is 0.330 e. The molecule has 0 amide bonds. The van der Waals surface area contributed by atoms with Gasteiger partial charge in [-0.05, 0) is 63.7 Å². The summed E-state index contributed by atoms with van der Waals surface area (Å²) in [4.78, 5) is 24.2. The van der Waals surface area contributed by atoms with E-state index in [1.54, 1.807) is 0 Å². The quantitative estimate of drug-likeness (QED) is 0.0906. The highest BCUT2D eigenvalue weighted by Crippen LogP contribution is 2.37. The minimum absolute atomic E-state index is 0.0529. The Balaban J connectivity index is 2.32. The molecule has 5 nitrogen and oxygen atoms in total. The molecular weight excluding hydrogens is 440 g/mol. The third-order valence-corrected chi connectivity index (χ3v) is 7.31. The number of hydrogen-bond donors (Lipinski definition) is 2. The Kier molecular flexibility index (Phi) is 16.7. The predicted molar refractivity (Wildman–Crippen MR) is 142 cm³/mol. The molecule has 0 bridgehead atoms. The van der Waals surface area contributed by atoms with Crippen LogP contribution in [-0.2, 0) is 14.3 Å². The highest BCUT2D eigenvalue weighted by Gasteiger charge is 2.40. The molecule has 200 valence electrons. The maximum absolute atomic E-state index is 12.5. The van der Waals surface area contributed by atoms with Crippen molar-refractivity contribution in [3.05, 3.63) is 12.2 Å². The van der Waals surface area contributed by atoms with Gasteiger partial charge in [0.25, 0.3) is 0 Å². The molecule has 0 saturated heterocycles. The lowest BCUT2D eigenvalue weighted by atomic mass is 9.83. The molecule has 0 aromatic heterocycles. The SMILES string of the molecule is C#CC(O)(CCCCCC)CCC[C@H]1[C@H](O)CC(=O)[C@@H]1CCCCC=CC(=O)OCCCCCC. The number of carbonyl (C=O) groups excluding carboxylic acids is 2. The van der Waals surface area contributed by atoms with Crippen molar-refractivity contribution in [2.24, 2.45) is 11.8 Å². The number of Topliss-reactive ketones (excluding diaryl/α,β-unsaturated/α-hetero) is 1. The average molecular weight is 491 g/mol. The number of allylic oxidation sites excluding steroid dienone is 1. The number of aliphatic hydroxyl groups is 2. The largest absolute Gasteiger partial charge is 0.463 e. The van der Waals surface area contributed by atoms with Crippen LogP contribution in [0.3, 0.4) is 0 Å². The van der Waals surface area contributed by atoms with Gasteiger partial charge in [-0.15, -0.1) is 6.42 Å². The Morgan fingerprint density at radius 2 is 1.71 bits per heavy atom. The zero-order valence-electron chi connectivity index (χ0n) is 22.3. The third-order valence-electron chi connectivity index (χ3n) is 7.31. The summed E-state index contributed by atoms with van der Waals surface area (Å²) in [5.41, 5.74) is -1.08. The van der Waals surface area contributed by atoms with E-state index >= 15 is 0 Å². The van der Waals surface area contributed by atoms with Crippen molar-refractivity contribution >= 4 is 11.8 Å². The molecule has 0 spiro atoms. The van der Waals surface area contributed by atoms with Crippen molar-refractivity contribution < 1.29 is 24.5 Å². The van der Waals surface area contributed by atoms with Crippen LogP contribution < -0.4 is 0 Å². The predicted octanol–water partition coefficient (Wildman–Crippen LogP) is 6.30. The maximum atomic E-state index is 12.5. The van der Waals surface area contributed by atoms with E-state index in [1.807, 2.05) is 6.08 Å². The van der Waals surface area contributed by atoms with E-state index in [9.17, 15) is 19.8 Å². The van der Waals surface area contributed by atoms with Crippen molar-refractivity contribution in [1.82, 2.24) is 0 Å². The van der Waals surface area contributed by atoms with Crippen LogP contribution in [0, 0.1) is 24.2 Å². The molecule has 0 radical (unpaired) electrons. The first-order chi connectivity index (χ1) is 16.9. The summed E-state index contributed by atoms with van der Waals surface area (Å²) in [5, 5.41) is 21.2. The summed E-state index contributed by atoms with van der Waals surface area (Å²) in [6.07, 6.45) is 23.1. The van der Waals surface area contributed by atoms with Crippen LogP contribution in [0.1, 0.15) is 123 Å². The zero-order valence-corrected chi connectivity index (χ0v) is 22.3. The van der Waals surface area contributed by atoms with Gasteiger partial charge in [0.05, 0.1) is 12.7 Å². The van der Waals surface area contributed by atoms with E-state index in [0.29, 0.717) is 32.3 Å². The minimum Gasteiger partial charge on any atom is -0.463 e. The summed E-state index contributed by atoms with van der Waals surface area (Å²) in [6, 6.07) is 0. The number of carbonyl (C=O) groups is 2. The lowest BCUT2D eigenvalue weighted by molar-refractivity contribution is -0.137. The van der Waals surface area contributed by atoms with Gasteiger partial charge >= 0.3 is 5.97 Å². The van der Waals surface area contributed by atoms with Gasteiger partial charge in [0.15, 0.2) is 0 Å². The lowest BCUT2D eigenvalue weighted by Crippen LogP contribution is -2.27. The normalized spacial score (nSPS) is 21.8. The second-order valence-electron chi connectivity index (χ2n) is 10.3. The molecular formula is C30H50O5. The second-order valence-corrected chi connectivity index (χ2v) is 10.3. The first-order valence-electron chi connectivity index (χ1n) is 14.1. The van der Waals surface area contributed by atoms with Crippen molar-refractivity contribution in [2.75, 3.05) is 6.61 Å². The van der Waals surface area contributed by atoms with E-state index in [0.717, 1.165) is 70.6 Å². The molecule has 0 heterocycles. The van der Waals surface area contributed by atoms with Crippen LogP contribution in [0.2, 0.25) is 0 Å². The van der Waals surface area contributed by atoms with E-state index in [4.69, 9.17) is 11.2 Å². The summed E-state index contributed by atoms with van der Waals surface area (Å²) < 4.78 is 5.19. The third kappa shape index (κ3) is 13.3. The van der Waals surface area contributed by atoms with Crippen molar-refractivity contribution in [1.29, 1.82) is 0 Å². The fraction of sp³-hybridized carbons (Fsp3) is 0.800. The standard InChI is InChI=1S/C30H50O5/c1-4-7-9-15-21-30(34,6-3)22-17-19-26-25(27(31)24-28(26)32)18-13-11-12-14-20-29(33)35-23-16-10-8-5-2/h3,14,20,25-26,28,32,34H,4-5,7-13,15-19,21-24H2,1-2H3/t25-,26-,28-,30?/m1/s1. The van der Waals surface area contributed by atoms with Gasteiger partial charge in [-0.3, -0.25) is 4.79 Å². The van der Waals surface area contributed by atoms with Crippen LogP contribution in [0.5, 0.6) is 0 Å². The van der Waals surface area contributed by atoms with Crippen LogP contribution in [0.15, 0.2) is 12.2 Å². The van der Waals surface area contributed by atoms with Crippen molar-refractivity contribution in [3.63, 3.8) is 0 Å². The molecule has 1 rings (SSSR count). The molecule has 1 fully saturated rings. The number of ketones is 1. The maximum Gasteiger partial charge on any atom is 0.330 e. The molecule has 2 N–H and O–H groups in total. The fourth-order valence-corrected chi connectivity index (χ4v) is 5.08. The van der Waals surface area contributed by atoms with Gasteiger partial charge < -0.3 is 14.9 Å². The van der Waals surface area contributed by atoms with Crippen LogP contribution >= 0.6 is 0 Å². The molecule has 1 aliphatic carbocycles. The fourth-order valence-electron chi connectivity index (χ4n) is 5.08. The zero-order chi connectivity index (χ0) is 25.9. The van der Waals surface area contributed by atoms with Gasteiger partial charge in [0.1, 0.15) is 11.4 Å². The molecule has 0 aromatic rings. The molecule has 0 aliphatic heterocycles. The van der Waals surface area contributed by atoms with E-state index < -0.39 is 11.7 Å². The highest BCUT2D eigenvalue weighted by molar-refractivity contribution is 5.84. The number of hydrogen-bond acceptors (Lipinski definition) is 5. The Labute approximate surface area is 214 Å². The summed E-state index contributed by atoms with van der Waals surface area (Å²) >= 11 is 0. The Bertz CT molecular complexity index is 664. The van der Waals surface area contributed by atoms with Crippen LogP contribution in [-0.4, -0.2) is 40.3 Å². The molecule has 4 atom stereocenters. The summed E-state index contributed by atoms with van der Waals surface area (Å²) in [5.74, 6) is 2.27. The highest BCUT2D eigenvalue weighted by atomic mass is 16.5. The van der Waals surface area contributed by atoms with Crippen LogP contribution in [0.4, 0.5) is 0 Å². The Hall–Kier alpha value is -1.64. The van der Waals surface area contributed by atoms with Crippen molar-refractivity contribution in [2.45, 2.75) is 135 Å². The van der Waals surface area contributed by atoms with Crippen LogP contribution in [0.25, 0.3) is 0 Å². The number of terminal acetylenes is 1. The molecule has 0 aromatic carbocycles. The first kappa shape index (κ1) is 31.4. The number of unbranched alkanes of at least 4 members (excludes halogenated alkanes) is 8. The molecule has 1 unspecified atom stereocenters. The van der Waals surface area contributed by atoms with E-state index in [1.165, 1.54) is 12.5 Å². The second kappa shape index (κ2) is 18.6. The molecule has 1 saturated carbocycles. The van der Waals surface area contributed by atoms with Gasteiger partial charge in [-0.2, -0.15) is 0 Å². The number of ether oxygens (including phenoxy) is 1.